The zero-order valence-electron chi connectivity index (χ0n) is 10.7. The molecule has 1 aliphatic rings. The van der Waals surface area contributed by atoms with Crippen LogP contribution in [-0.2, 0) is 11.2 Å². The molecule has 2 atom stereocenters. The van der Waals surface area contributed by atoms with Gasteiger partial charge in [0, 0.05) is 11.1 Å². The molecule has 0 spiro atoms. The van der Waals surface area contributed by atoms with E-state index in [-0.39, 0.29) is 0 Å². The Kier molecular flexibility index (Phi) is 2.49. The van der Waals surface area contributed by atoms with Gasteiger partial charge < -0.3 is 10.2 Å². The van der Waals surface area contributed by atoms with Gasteiger partial charge in [0.2, 0.25) is 0 Å². The molecule has 3 rings (SSSR count). The van der Waals surface area contributed by atoms with Gasteiger partial charge in [-0.2, -0.15) is 0 Å². The van der Waals surface area contributed by atoms with Crippen LogP contribution in [0.25, 0.3) is 11.1 Å². The van der Waals surface area contributed by atoms with Crippen molar-refractivity contribution < 1.29 is 10.2 Å². The molecule has 2 nitrogen and oxygen atoms in total. The minimum absolute atomic E-state index is 0.446. The molecule has 2 heteroatoms. The van der Waals surface area contributed by atoms with E-state index < -0.39 is 11.2 Å². The maximum absolute atomic E-state index is 10.9. The van der Waals surface area contributed by atoms with Crippen molar-refractivity contribution in [2.75, 3.05) is 0 Å². The Labute approximate surface area is 117 Å². The third-order valence-corrected chi connectivity index (χ3v) is 3.87. The molecule has 2 aromatic rings. The average Bonchev–Trinajstić information content (AvgIpc) is 2.52. The number of fused-ring (bicyclic) bond motifs is 3. The van der Waals surface area contributed by atoms with Gasteiger partial charge in [-0.25, -0.2) is 0 Å². The van der Waals surface area contributed by atoms with E-state index in [1.807, 2.05) is 24.3 Å². The van der Waals surface area contributed by atoms with Gasteiger partial charge >= 0.3 is 0 Å². The lowest BCUT2D eigenvalue weighted by Gasteiger charge is -2.42. The smallest absolute Gasteiger partial charge is 0.196 e. The third-order valence-electron chi connectivity index (χ3n) is 3.87. The Morgan fingerprint density at radius 1 is 0.700 bits per heavy atom. The number of terminal acetylenes is 2. The fourth-order valence-electron chi connectivity index (χ4n) is 2.82. The van der Waals surface area contributed by atoms with Gasteiger partial charge in [-0.1, -0.05) is 60.4 Å². The summed E-state index contributed by atoms with van der Waals surface area (Å²) in [5, 5.41) is 21.7. The highest BCUT2D eigenvalue weighted by atomic mass is 16.4. The molecule has 0 heterocycles. The predicted molar refractivity (Wildman–Crippen MR) is 77.3 cm³/mol. The molecule has 2 aromatic carbocycles. The molecule has 96 valence electrons. The maximum Gasteiger partial charge on any atom is 0.196 e. The van der Waals surface area contributed by atoms with Crippen LogP contribution in [0.3, 0.4) is 0 Å². The van der Waals surface area contributed by atoms with E-state index in [0.717, 1.165) is 11.1 Å². The van der Waals surface area contributed by atoms with Crippen molar-refractivity contribution in [1.29, 1.82) is 0 Å². The van der Waals surface area contributed by atoms with E-state index in [1.165, 1.54) is 0 Å². The molecular weight excluding hydrogens is 248 g/mol. The lowest BCUT2D eigenvalue weighted by atomic mass is 9.66. The van der Waals surface area contributed by atoms with Crippen LogP contribution in [0.15, 0.2) is 48.5 Å². The van der Waals surface area contributed by atoms with E-state index in [9.17, 15) is 10.2 Å². The van der Waals surface area contributed by atoms with Crippen LogP contribution in [0.1, 0.15) is 11.1 Å². The van der Waals surface area contributed by atoms with E-state index >= 15 is 0 Å². The van der Waals surface area contributed by atoms with Crippen LogP contribution >= 0.6 is 0 Å². The SMILES string of the molecule is C#CC1(O)c2ccccc2-c2ccccc2C1(O)C#C. The quantitative estimate of drug-likeness (QED) is 0.711. The molecule has 2 N–H and O–H groups in total. The van der Waals surface area contributed by atoms with Crippen LogP contribution in [0.5, 0.6) is 0 Å². The van der Waals surface area contributed by atoms with Crippen molar-refractivity contribution in [2.24, 2.45) is 0 Å². The topological polar surface area (TPSA) is 40.5 Å². The molecule has 0 bridgehead atoms. The lowest BCUT2D eigenvalue weighted by Crippen LogP contribution is -2.50. The van der Waals surface area contributed by atoms with Gasteiger partial charge in [0.05, 0.1) is 0 Å². The van der Waals surface area contributed by atoms with Gasteiger partial charge in [-0.3, -0.25) is 0 Å². The molecule has 0 aromatic heterocycles. The molecule has 20 heavy (non-hydrogen) atoms. The summed E-state index contributed by atoms with van der Waals surface area (Å²) in [6.07, 6.45) is 11.0. The standard InChI is InChI=1S/C18H12O2/c1-3-17(19)15-11-7-5-9-13(15)14-10-6-8-12-16(14)18(17,20)4-2/h1-2,5-12,19-20H. The normalized spacial score (nSPS) is 26.8. The summed E-state index contributed by atoms with van der Waals surface area (Å²) in [5.74, 6) is 4.56. The van der Waals surface area contributed by atoms with Crippen LogP contribution < -0.4 is 0 Å². The zero-order valence-corrected chi connectivity index (χ0v) is 10.7. The van der Waals surface area contributed by atoms with Crippen molar-refractivity contribution in [3.05, 3.63) is 59.7 Å². The second kappa shape index (κ2) is 3.99. The first kappa shape index (κ1) is 12.5. The van der Waals surface area contributed by atoms with Gasteiger partial charge in [0.15, 0.2) is 11.2 Å². The first-order chi connectivity index (χ1) is 9.58. The number of hydrogen-bond acceptors (Lipinski definition) is 2. The van der Waals surface area contributed by atoms with Gasteiger partial charge in [0.25, 0.3) is 0 Å². The third kappa shape index (κ3) is 1.27. The van der Waals surface area contributed by atoms with E-state index in [2.05, 4.69) is 11.8 Å². The summed E-state index contributed by atoms with van der Waals surface area (Å²) in [7, 11) is 0. The van der Waals surface area contributed by atoms with Crippen molar-refractivity contribution in [3.63, 3.8) is 0 Å². The monoisotopic (exact) mass is 260 g/mol. The summed E-state index contributed by atoms with van der Waals surface area (Å²) >= 11 is 0. The summed E-state index contributed by atoms with van der Waals surface area (Å²) in [6, 6.07) is 14.3. The molecule has 0 radical (unpaired) electrons. The van der Waals surface area contributed by atoms with E-state index in [1.54, 1.807) is 24.3 Å². The lowest BCUT2D eigenvalue weighted by molar-refractivity contribution is -0.0901. The first-order valence-corrected chi connectivity index (χ1v) is 6.18. The molecule has 0 saturated heterocycles. The summed E-state index contributed by atoms with van der Waals surface area (Å²) in [4.78, 5) is 0. The molecule has 0 saturated carbocycles. The van der Waals surface area contributed by atoms with Crippen molar-refractivity contribution in [1.82, 2.24) is 0 Å². The van der Waals surface area contributed by atoms with Crippen molar-refractivity contribution >= 4 is 0 Å². The Balaban J connectivity index is 2.51. The maximum atomic E-state index is 10.9. The van der Waals surface area contributed by atoms with Crippen molar-refractivity contribution in [2.45, 2.75) is 11.2 Å². The molecular formula is C18H12O2. The molecule has 2 unspecified atom stereocenters. The van der Waals surface area contributed by atoms with Crippen LogP contribution in [0.2, 0.25) is 0 Å². The highest BCUT2D eigenvalue weighted by molar-refractivity contribution is 5.79. The summed E-state index contributed by atoms with van der Waals surface area (Å²) in [6.45, 7) is 0. The van der Waals surface area contributed by atoms with Crippen LogP contribution in [0.4, 0.5) is 0 Å². The minimum Gasteiger partial charge on any atom is -0.370 e. The Bertz CT molecular complexity index is 711. The van der Waals surface area contributed by atoms with E-state index in [0.29, 0.717) is 11.1 Å². The zero-order chi connectivity index (χ0) is 14.4. The van der Waals surface area contributed by atoms with Gasteiger partial charge in [0.1, 0.15) is 0 Å². The second-order valence-electron chi connectivity index (χ2n) is 4.80. The summed E-state index contributed by atoms with van der Waals surface area (Å²) < 4.78 is 0. The highest BCUT2D eigenvalue weighted by Gasteiger charge is 2.54. The molecule has 0 amide bonds. The fraction of sp³-hybridized carbons (Fsp3) is 0.111. The predicted octanol–water partition coefficient (Wildman–Crippen LogP) is 2.01. The summed E-state index contributed by atoms with van der Waals surface area (Å²) in [5.41, 5.74) is -1.45. The van der Waals surface area contributed by atoms with Crippen LogP contribution in [0, 0.1) is 24.7 Å². The fourth-order valence-corrected chi connectivity index (χ4v) is 2.82. The second-order valence-corrected chi connectivity index (χ2v) is 4.80. The van der Waals surface area contributed by atoms with Gasteiger partial charge in [-0.15, -0.1) is 12.8 Å². The van der Waals surface area contributed by atoms with Gasteiger partial charge in [-0.05, 0) is 11.1 Å². The molecule has 1 aliphatic carbocycles. The average molecular weight is 260 g/mol. The highest BCUT2D eigenvalue weighted by Crippen LogP contribution is 2.50. The Hall–Kier alpha value is -2.52. The minimum atomic E-state index is -1.95. The number of aliphatic hydroxyl groups is 2. The van der Waals surface area contributed by atoms with E-state index in [4.69, 9.17) is 12.8 Å². The molecule has 0 fully saturated rings. The Morgan fingerprint density at radius 3 is 1.40 bits per heavy atom. The van der Waals surface area contributed by atoms with Crippen molar-refractivity contribution in [3.8, 4) is 35.8 Å². The number of benzene rings is 2. The largest absolute Gasteiger partial charge is 0.370 e. The first-order valence-electron chi connectivity index (χ1n) is 6.18. The molecule has 0 aliphatic heterocycles. The number of hydrogen-bond donors (Lipinski definition) is 2. The Morgan fingerprint density at radius 2 is 1.05 bits per heavy atom. The number of rotatable bonds is 0. The van der Waals surface area contributed by atoms with Crippen LogP contribution in [-0.4, -0.2) is 10.2 Å².